The van der Waals surface area contributed by atoms with Crippen molar-refractivity contribution in [1.29, 1.82) is 0 Å². The lowest BCUT2D eigenvalue weighted by atomic mass is 10.1. The van der Waals surface area contributed by atoms with Gasteiger partial charge in [-0.3, -0.25) is 4.79 Å². The van der Waals surface area contributed by atoms with Crippen LogP contribution in [0.4, 0.5) is 0 Å². The van der Waals surface area contributed by atoms with Crippen molar-refractivity contribution < 1.29 is 14.6 Å². The number of carbonyl (C=O) groups is 1. The predicted octanol–water partition coefficient (Wildman–Crippen LogP) is 2.43. The van der Waals surface area contributed by atoms with Gasteiger partial charge in [-0.1, -0.05) is 30.3 Å². The lowest BCUT2D eigenvalue weighted by Gasteiger charge is -2.16. The van der Waals surface area contributed by atoms with Crippen LogP contribution in [0.5, 0.6) is 5.75 Å². The van der Waals surface area contributed by atoms with Gasteiger partial charge in [-0.2, -0.15) is 0 Å². The van der Waals surface area contributed by atoms with Gasteiger partial charge in [0.1, 0.15) is 5.75 Å². The van der Waals surface area contributed by atoms with E-state index in [4.69, 9.17) is 9.84 Å². The van der Waals surface area contributed by atoms with Crippen LogP contribution >= 0.6 is 15.9 Å². The van der Waals surface area contributed by atoms with Crippen LogP contribution in [0.25, 0.3) is 10.8 Å². The van der Waals surface area contributed by atoms with E-state index in [0.29, 0.717) is 12.3 Å². The number of rotatable bonds is 5. The van der Waals surface area contributed by atoms with Crippen LogP contribution in [0.3, 0.4) is 0 Å². The lowest BCUT2D eigenvalue weighted by molar-refractivity contribution is -0.132. The van der Waals surface area contributed by atoms with Gasteiger partial charge in [0.05, 0.1) is 11.1 Å². The minimum Gasteiger partial charge on any atom is -0.483 e. The van der Waals surface area contributed by atoms with Gasteiger partial charge < -0.3 is 14.7 Å². The second-order valence-electron chi connectivity index (χ2n) is 4.43. The lowest BCUT2D eigenvalue weighted by Crippen LogP contribution is -2.33. The topological polar surface area (TPSA) is 49.8 Å². The van der Waals surface area contributed by atoms with Crippen LogP contribution in [-0.2, 0) is 4.79 Å². The molecule has 1 amide bonds. The van der Waals surface area contributed by atoms with Gasteiger partial charge in [0, 0.05) is 13.6 Å². The molecule has 0 atom stereocenters. The monoisotopic (exact) mass is 337 g/mol. The Balaban J connectivity index is 2.10. The molecule has 1 N–H and O–H groups in total. The van der Waals surface area contributed by atoms with Gasteiger partial charge in [0.2, 0.25) is 0 Å². The molecule has 2 aromatic carbocycles. The minimum atomic E-state index is -0.167. The van der Waals surface area contributed by atoms with Crippen molar-refractivity contribution in [3.8, 4) is 5.75 Å². The number of ether oxygens (including phenoxy) is 1. The van der Waals surface area contributed by atoms with Crippen molar-refractivity contribution in [1.82, 2.24) is 4.90 Å². The molecule has 5 heteroatoms. The molecule has 2 rings (SSSR count). The zero-order chi connectivity index (χ0) is 14.5. The van der Waals surface area contributed by atoms with Crippen molar-refractivity contribution in [2.75, 3.05) is 26.8 Å². The van der Waals surface area contributed by atoms with Crippen molar-refractivity contribution in [2.45, 2.75) is 0 Å². The molecule has 0 aromatic heterocycles. The maximum atomic E-state index is 11.8. The van der Waals surface area contributed by atoms with E-state index >= 15 is 0 Å². The molecule has 0 bridgehead atoms. The van der Waals surface area contributed by atoms with E-state index in [9.17, 15) is 4.79 Å². The van der Waals surface area contributed by atoms with Crippen LogP contribution < -0.4 is 4.74 Å². The summed E-state index contributed by atoms with van der Waals surface area (Å²) in [6, 6.07) is 11.7. The molecule has 0 aliphatic carbocycles. The summed E-state index contributed by atoms with van der Waals surface area (Å²) in [7, 11) is 1.64. The summed E-state index contributed by atoms with van der Waals surface area (Å²) in [5.74, 6) is 0.466. The summed E-state index contributed by atoms with van der Waals surface area (Å²) in [5, 5.41) is 10.9. The molecule has 4 nitrogen and oxygen atoms in total. The first-order valence-corrected chi connectivity index (χ1v) is 7.07. The van der Waals surface area contributed by atoms with Crippen LogP contribution in [0, 0.1) is 0 Å². The van der Waals surface area contributed by atoms with E-state index in [1.54, 1.807) is 7.05 Å². The number of hydrogen-bond acceptors (Lipinski definition) is 3. The quantitative estimate of drug-likeness (QED) is 0.911. The Kier molecular flexibility index (Phi) is 4.98. The Morgan fingerprint density at radius 1 is 1.30 bits per heavy atom. The first-order chi connectivity index (χ1) is 9.63. The molecular formula is C15H16BrNO3. The summed E-state index contributed by atoms with van der Waals surface area (Å²) in [5.41, 5.74) is 0. The van der Waals surface area contributed by atoms with Crippen molar-refractivity contribution in [2.24, 2.45) is 0 Å². The first kappa shape index (κ1) is 14.8. The van der Waals surface area contributed by atoms with Crippen molar-refractivity contribution in [3.63, 3.8) is 0 Å². The smallest absolute Gasteiger partial charge is 0.260 e. The highest BCUT2D eigenvalue weighted by molar-refractivity contribution is 9.10. The summed E-state index contributed by atoms with van der Waals surface area (Å²) in [4.78, 5) is 13.2. The number of aliphatic hydroxyl groups excluding tert-OH is 1. The minimum absolute atomic E-state index is 0.0482. The summed E-state index contributed by atoms with van der Waals surface area (Å²) < 4.78 is 6.40. The Morgan fingerprint density at radius 3 is 2.80 bits per heavy atom. The average Bonchev–Trinajstić information content (AvgIpc) is 2.47. The molecule has 0 radical (unpaired) electrons. The van der Waals surface area contributed by atoms with Crippen LogP contribution in [0.1, 0.15) is 0 Å². The number of carbonyl (C=O) groups excluding carboxylic acids is 1. The molecule has 106 valence electrons. The van der Waals surface area contributed by atoms with Gasteiger partial charge in [-0.15, -0.1) is 0 Å². The van der Waals surface area contributed by atoms with E-state index in [-0.39, 0.29) is 19.1 Å². The molecule has 0 aliphatic rings. The summed E-state index contributed by atoms with van der Waals surface area (Å²) in [6.45, 7) is 0.205. The summed E-state index contributed by atoms with van der Waals surface area (Å²) in [6.07, 6.45) is 0. The number of hydrogen-bond donors (Lipinski definition) is 1. The van der Waals surface area contributed by atoms with Gasteiger partial charge in [-0.25, -0.2) is 0 Å². The van der Waals surface area contributed by atoms with Gasteiger partial charge in [-0.05, 0) is 32.8 Å². The second-order valence-corrected chi connectivity index (χ2v) is 5.22. The maximum absolute atomic E-state index is 11.8. The molecule has 0 unspecified atom stereocenters. The molecule has 2 aromatic rings. The van der Waals surface area contributed by atoms with E-state index in [1.165, 1.54) is 4.90 Å². The fraction of sp³-hybridized carbons (Fsp3) is 0.267. The highest BCUT2D eigenvalue weighted by Crippen LogP contribution is 2.32. The van der Waals surface area contributed by atoms with Crippen molar-refractivity contribution in [3.05, 3.63) is 40.9 Å². The maximum Gasteiger partial charge on any atom is 0.260 e. The molecule has 0 heterocycles. The predicted molar refractivity (Wildman–Crippen MR) is 81.9 cm³/mol. The molecule has 0 saturated heterocycles. The average molecular weight is 338 g/mol. The first-order valence-electron chi connectivity index (χ1n) is 6.28. The normalized spacial score (nSPS) is 10.6. The largest absolute Gasteiger partial charge is 0.483 e. The van der Waals surface area contributed by atoms with E-state index in [0.717, 1.165) is 15.2 Å². The number of likely N-dealkylation sites (N-methyl/N-ethyl adjacent to an activating group) is 1. The molecule has 0 fully saturated rings. The zero-order valence-electron chi connectivity index (χ0n) is 11.2. The Morgan fingerprint density at radius 2 is 2.05 bits per heavy atom. The Labute approximate surface area is 126 Å². The van der Waals surface area contributed by atoms with Gasteiger partial charge >= 0.3 is 0 Å². The number of amides is 1. The highest BCUT2D eigenvalue weighted by atomic mass is 79.9. The number of fused-ring (bicyclic) bond motifs is 1. The second kappa shape index (κ2) is 6.72. The molecule has 0 saturated carbocycles. The van der Waals surface area contributed by atoms with Crippen molar-refractivity contribution >= 4 is 32.6 Å². The van der Waals surface area contributed by atoms with Crippen LogP contribution in [-0.4, -0.2) is 42.7 Å². The number of aliphatic hydroxyl groups is 1. The fourth-order valence-electron chi connectivity index (χ4n) is 1.85. The summed E-state index contributed by atoms with van der Waals surface area (Å²) >= 11 is 3.51. The third-order valence-corrected chi connectivity index (χ3v) is 3.86. The van der Waals surface area contributed by atoms with Gasteiger partial charge in [0.15, 0.2) is 6.61 Å². The number of benzene rings is 2. The van der Waals surface area contributed by atoms with Crippen LogP contribution in [0.2, 0.25) is 0 Å². The molecule has 20 heavy (non-hydrogen) atoms. The van der Waals surface area contributed by atoms with E-state index < -0.39 is 0 Å². The SMILES string of the molecule is CN(CCO)C(=O)COc1ccc2ccccc2c1Br. The van der Waals surface area contributed by atoms with Gasteiger partial charge in [0.25, 0.3) is 5.91 Å². The standard InChI is InChI=1S/C15H16BrNO3/c1-17(8-9-18)14(19)10-20-13-7-6-11-4-2-3-5-12(11)15(13)16/h2-7,18H,8-10H2,1H3. The Hall–Kier alpha value is -1.59. The van der Waals surface area contributed by atoms with Crippen LogP contribution in [0.15, 0.2) is 40.9 Å². The third-order valence-electron chi connectivity index (χ3n) is 3.04. The highest BCUT2D eigenvalue weighted by Gasteiger charge is 2.11. The molecule has 0 spiro atoms. The Bertz CT molecular complexity index is 615. The molecular weight excluding hydrogens is 322 g/mol. The zero-order valence-corrected chi connectivity index (χ0v) is 12.8. The number of halogens is 1. The fourth-order valence-corrected chi connectivity index (χ4v) is 2.46. The van der Waals surface area contributed by atoms with E-state index in [2.05, 4.69) is 15.9 Å². The number of nitrogens with zero attached hydrogens (tertiary/aromatic N) is 1. The van der Waals surface area contributed by atoms with E-state index in [1.807, 2.05) is 36.4 Å². The third kappa shape index (κ3) is 3.29. The molecule has 0 aliphatic heterocycles.